The number of aromatic amines is 1. The molecule has 2 aromatic carbocycles. The Bertz CT molecular complexity index is 1130. The van der Waals surface area contributed by atoms with E-state index in [2.05, 4.69) is 10.2 Å². The first-order chi connectivity index (χ1) is 15.5. The van der Waals surface area contributed by atoms with Crippen molar-refractivity contribution in [2.45, 2.75) is 45.2 Å². The summed E-state index contributed by atoms with van der Waals surface area (Å²) in [4.78, 5) is 15.0. The third-order valence-corrected chi connectivity index (χ3v) is 6.10. The highest BCUT2D eigenvalue weighted by atomic mass is 32.1. The van der Waals surface area contributed by atoms with Crippen molar-refractivity contribution >= 4 is 18.1 Å². The van der Waals surface area contributed by atoms with Crippen molar-refractivity contribution in [3.05, 3.63) is 64.7 Å². The number of carbonyl (C=O) groups is 1. The predicted molar refractivity (Wildman–Crippen MR) is 123 cm³/mol. The van der Waals surface area contributed by atoms with E-state index in [1.54, 1.807) is 12.1 Å². The van der Waals surface area contributed by atoms with Crippen LogP contribution in [0.1, 0.15) is 31.7 Å². The van der Waals surface area contributed by atoms with Crippen molar-refractivity contribution in [3.8, 4) is 17.1 Å². The highest BCUT2D eigenvalue weighted by Gasteiger charge is 2.28. The summed E-state index contributed by atoms with van der Waals surface area (Å²) >= 11 is 5.41. The van der Waals surface area contributed by atoms with Gasteiger partial charge in [0.2, 0.25) is 5.91 Å². The lowest BCUT2D eigenvalue weighted by atomic mass is 10.0. The van der Waals surface area contributed by atoms with Crippen molar-refractivity contribution in [1.29, 1.82) is 0 Å². The zero-order valence-corrected chi connectivity index (χ0v) is 18.9. The number of halogens is 1. The van der Waals surface area contributed by atoms with E-state index in [9.17, 15) is 9.18 Å². The summed E-state index contributed by atoms with van der Waals surface area (Å²) in [5, 5.41) is 7.20. The summed E-state index contributed by atoms with van der Waals surface area (Å²) in [6.07, 6.45) is 2.91. The molecular formula is C24H27FN4O2S. The molecule has 168 valence electrons. The van der Waals surface area contributed by atoms with Crippen molar-refractivity contribution < 1.29 is 13.9 Å². The molecule has 1 aromatic heterocycles. The molecule has 1 fully saturated rings. The number of aromatic nitrogens is 3. The fourth-order valence-corrected chi connectivity index (χ4v) is 4.50. The van der Waals surface area contributed by atoms with Crippen LogP contribution < -0.4 is 4.74 Å². The maximum atomic E-state index is 13.5. The number of nitrogens with one attached hydrogen (secondary N) is 1. The predicted octanol–water partition coefficient (Wildman–Crippen LogP) is 4.77. The summed E-state index contributed by atoms with van der Waals surface area (Å²) in [7, 11) is 0. The monoisotopic (exact) mass is 454 g/mol. The van der Waals surface area contributed by atoms with Gasteiger partial charge in [0.25, 0.3) is 0 Å². The number of H-pyrrole nitrogens is 1. The Morgan fingerprint density at radius 3 is 2.84 bits per heavy atom. The minimum absolute atomic E-state index is 0.0876. The molecule has 1 unspecified atom stereocenters. The maximum Gasteiger partial charge on any atom is 0.224 e. The van der Waals surface area contributed by atoms with E-state index in [0.717, 1.165) is 36.3 Å². The van der Waals surface area contributed by atoms with Gasteiger partial charge in [0, 0.05) is 31.1 Å². The van der Waals surface area contributed by atoms with E-state index < -0.39 is 0 Å². The third-order valence-electron chi connectivity index (χ3n) is 5.79. The molecule has 6 nitrogen and oxygen atoms in total. The Balaban J connectivity index is 1.42. The Labute approximate surface area is 192 Å². The first kappa shape index (κ1) is 22.2. The third kappa shape index (κ3) is 5.07. The fourth-order valence-electron chi connectivity index (χ4n) is 4.28. The van der Waals surface area contributed by atoms with Crippen molar-refractivity contribution in [1.82, 2.24) is 19.7 Å². The first-order valence-corrected chi connectivity index (χ1v) is 11.4. The smallest absolute Gasteiger partial charge is 0.224 e. The second kappa shape index (κ2) is 10.1. The average Bonchev–Trinajstić information content (AvgIpc) is 3.39. The Morgan fingerprint density at radius 2 is 2.09 bits per heavy atom. The van der Waals surface area contributed by atoms with Gasteiger partial charge in [-0.05, 0) is 80.4 Å². The molecule has 1 aliphatic heterocycles. The molecule has 8 heteroatoms. The van der Waals surface area contributed by atoms with E-state index in [1.165, 1.54) is 6.07 Å². The molecule has 3 aromatic rings. The average molecular weight is 455 g/mol. The molecule has 32 heavy (non-hydrogen) atoms. The molecule has 0 aliphatic carbocycles. The van der Waals surface area contributed by atoms with E-state index in [0.29, 0.717) is 36.6 Å². The van der Waals surface area contributed by atoms with Crippen molar-refractivity contribution in [2.24, 2.45) is 0 Å². The normalized spacial score (nSPS) is 15.8. The summed E-state index contributed by atoms with van der Waals surface area (Å²) in [5.41, 5.74) is 1.82. The molecule has 4 rings (SSSR count). The van der Waals surface area contributed by atoms with Gasteiger partial charge in [-0.3, -0.25) is 14.5 Å². The van der Waals surface area contributed by atoms with Crippen LogP contribution in [0.15, 0.2) is 48.5 Å². The lowest BCUT2D eigenvalue weighted by molar-refractivity contribution is -0.132. The van der Waals surface area contributed by atoms with Crippen LogP contribution in [0.3, 0.4) is 0 Å². The summed E-state index contributed by atoms with van der Waals surface area (Å²) < 4.78 is 21.4. The van der Waals surface area contributed by atoms with E-state index in [1.807, 2.05) is 46.7 Å². The minimum Gasteiger partial charge on any atom is -0.494 e. The maximum absolute atomic E-state index is 13.5. The number of nitrogens with zero attached hydrogens (tertiary/aromatic N) is 3. The number of likely N-dealkylation sites (tertiary alicyclic amines) is 1. The number of hydrogen-bond acceptors (Lipinski definition) is 4. The van der Waals surface area contributed by atoms with Gasteiger partial charge in [-0.1, -0.05) is 12.1 Å². The molecule has 1 aliphatic rings. The zero-order valence-electron chi connectivity index (χ0n) is 18.1. The fraction of sp³-hybridized carbons (Fsp3) is 0.375. The summed E-state index contributed by atoms with van der Waals surface area (Å²) in [6.45, 7) is 3.73. The van der Waals surface area contributed by atoms with Gasteiger partial charge in [0.15, 0.2) is 10.6 Å². The molecule has 0 spiro atoms. The zero-order chi connectivity index (χ0) is 22.5. The topological polar surface area (TPSA) is 63.1 Å². The van der Waals surface area contributed by atoms with Crippen LogP contribution in [0.2, 0.25) is 0 Å². The molecule has 0 saturated carbocycles. The van der Waals surface area contributed by atoms with E-state index >= 15 is 0 Å². The van der Waals surface area contributed by atoms with Crippen molar-refractivity contribution in [3.63, 3.8) is 0 Å². The van der Waals surface area contributed by atoms with Gasteiger partial charge >= 0.3 is 0 Å². The van der Waals surface area contributed by atoms with Gasteiger partial charge in [-0.15, -0.1) is 0 Å². The first-order valence-electron chi connectivity index (χ1n) is 11.0. The number of amides is 1. The Morgan fingerprint density at radius 1 is 1.28 bits per heavy atom. The quantitative estimate of drug-likeness (QED) is 0.498. The van der Waals surface area contributed by atoms with Gasteiger partial charge in [0.05, 0.1) is 6.61 Å². The lowest BCUT2D eigenvalue weighted by Gasteiger charge is -2.25. The molecule has 1 saturated heterocycles. The lowest BCUT2D eigenvalue weighted by Crippen LogP contribution is -2.37. The highest BCUT2D eigenvalue weighted by molar-refractivity contribution is 7.71. The van der Waals surface area contributed by atoms with Gasteiger partial charge in [0.1, 0.15) is 11.6 Å². The van der Waals surface area contributed by atoms with Gasteiger partial charge in [-0.2, -0.15) is 5.10 Å². The van der Waals surface area contributed by atoms with Crippen LogP contribution in [0, 0.1) is 10.6 Å². The van der Waals surface area contributed by atoms with Crippen LogP contribution in [0.25, 0.3) is 11.4 Å². The van der Waals surface area contributed by atoms with Gasteiger partial charge in [-0.25, -0.2) is 4.39 Å². The molecule has 1 amide bonds. The Hall–Kier alpha value is -3.00. The van der Waals surface area contributed by atoms with E-state index in [-0.39, 0.29) is 17.8 Å². The van der Waals surface area contributed by atoms with E-state index in [4.69, 9.17) is 17.0 Å². The molecule has 1 N–H and O–H groups in total. The molecular weight excluding hydrogens is 427 g/mol. The second-order valence-electron chi connectivity index (χ2n) is 7.93. The van der Waals surface area contributed by atoms with Crippen LogP contribution in [0.5, 0.6) is 5.75 Å². The van der Waals surface area contributed by atoms with Crippen LogP contribution >= 0.6 is 12.2 Å². The second-order valence-corrected chi connectivity index (χ2v) is 8.32. The SMILES string of the molecule is CCOc1ccc(-c2n[nH]c(=S)n2CCC(=O)N2CCCC2Cc2cccc(F)c2)cc1. The number of carbonyl (C=O) groups excluding carboxylic acids is 1. The summed E-state index contributed by atoms with van der Waals surface area (Å²) in [5.74, 6) is 1.34. The minimum atomic E-state index is -0.241. The number of hydrogen-bond donors (Lipinski definition) is 1. The highest BCUT2D eigenvalue weighted by Crippen LogP contribution is 2.24. The van der Waals surface area contributed by atoms with Crippen LogP contribution in [-0.4, -0.2) is 44.8 Å². The number of ether oxygens (including phenoxy) is 1. The molecule has 0 bridgehead atoms. The largest absolute Gasteiger partial charge is 0.494 e. The number of benzene rings is 2. The van der Waals surface area contributed by atoms with Crippen molar-refractivity contribution in [2.75, 3.05) is 13.2 Å². The Kier molecular flexibility index (Phi) is 6.99. The van der Waals surface area contributed by atoms with Crippen LogP contribution in [0.4, 0.5) is 4.39 Å². The summed E-state index contributed by atoms with van der Waals surface area (Å²) in [6, 6.07) is 14.4. The molecule has 0 radical (unpaired) electrons. The molecule has 1 atom stereocenters. The molecule has 2 heterocycles. The van der Waals surface area contributed by atoms with Gasteiger partial charge < -0.3 is 9.64 Å². The number of rotatable bonds is 8. The standard InChI is InChI=1S/C24H27FN4O2S/c1-2-31-21-10-8-18(9-11-21)23-26-27-24(32)29(23)14-12-22(30)28-13-4-7-20(28)16-17-5-3-6-19(25)15-17/h3,5-6,8-11,15,20H,2,4,7,12-14,16H2,1H3,(H,27,32). The van der Waals surface area contributed by atoms with Crippen LogP contribution in [-0.2, 0) is 17.8 Å².